The lowest BCUT2D eigenvalue weighted by Gasteiger charge is -2.12. The maximum absolute atomic E-state index is 11.5. The summed E-state index contributed by atoms with van der Waals surface area (Å²) in [5, 5.41) is 5.15. The molecule has 2 rings (SSSR count). The highest BCUT2D eigenvalue weighted by Crippen LogP contribution is 2.39. The first-order valence-corrected chi connectivity index (χ1v) is 6.52. The van der Waals surface area contributed by atoms with Crippen LogP contribution < -0.4 is 14.6 Å². The number of rotatable bonds is 3. The van der Waals surface area contributed by atoms with Crippen molar-refractivity contribution in [2.75, 3.05) is 20.9 Å². The third kappa shape index (κ3) is 2.51. The lowest BCUT2D eigenvalue weighted by atomic mass is 10.2. The second-order valence-corrected chi connectivity index (χ2v) is 5.64. The Balaban J connectivity index is 2.54. The van der Waals surface area contributed by atoms with Gasteiger partial charge in [0.1, 0.15) is 4.90 Å². The molecule has 2 N–H and O–H groups in total. The molecule has 0 aliphatic carbocycles. The van der Waals surface area contributed by atoms with Gasteiger partial charge in [-0.3, -0.25) is 0 Å². The maximum atomic E-state index is 11.5. The minimum atomic E-state index is -3.81. The molecule has 17 heavy (non-hydrogen) atoms. The molecule has 94 valence electrons. The summed E-state index contributed by atoms with van der Waals surface area (Å²) in [4.78, 5) is 1.90. The van der Waals surface area contributed by atoms with Gasteiger partial charge < -0.3 is 14.4 Å². The third-order valence-electron chi connectivity index (χ3n) is 2.30. The van der Waals surface area contributed by atoms with E-state index in [1.165, 1.54) is 6.07 Å². The van der Waals surface area contributed by atoms with Crippen LogP contribution in [0.25, 0.3) is 0 Å². The van der Waals surface area contributed by atoms with E-state index in [1.807, 2.05) is 19.0 Å². The number of ether oxygens (including phenoxy) is 2. The van der Waals surface area contributed by atoms with Gasteiger partial charge in [-0.2, -0.15) is 0 Å². The van der Waals surface area contributed by atoms with Crippen LogP contribution in [0, 0.1) is 0 Å². The fourth-order valence-electron chi connectivity index (χ4n) is 1.70. The number of nitrogens with two attached hydrogens (primary N) is 1. The van der Waals surface area contributed by atoms with Crippen molar-refractivity contribution < 1.29 is 17.9 Å². The number of primary sulfonamides is 1. The quantitative estimate of drug-likeness (QED) is 0.833. The predicted molar refractivity (Wildman–Crippen MR) is 61.3 cm³/mol. The Morgan fingerprint density at radius 3 is 2.65 bits per heavy atom. The third-order valence-corrected chi connectivity index (χ3v) is 3.22. The maximum Gasteiger partial charge on any atom is 0.241 e. The average Bonchev–Trinajstić information content (AvgIpc) is 2.61. The van der Waals surface area contributed by atoms with E-state index >= 15 is 0 Å². The van der Waals surface area contributed by atoms with Crippen LogP contribution in [0.2, 0.25) is 0 Å². The number of hydrogen-bond acceptors (Lipinski definition) is 5. The molecular formula is C10H14N2O4S. The Bertz CT molecular complexity index is 539. The predicted octanol–water partition coefficient (Wildman–Crippen LogP) is 0.124. The smallest absolute Gasteiger partial charge is 0.241 e. The molecule has 0 saturated carbocycles. The largest absolute Gasteiger partial charge is 0.454 e. The van der Waals surface area contributed by atoms with Crippen LogP contribution in [0.4, 0.5) is 0 Å². The molecule has 0 aromatic heterocycles. The lowest BCUT2D eigenvalue weighted by molar-refractivity contribution is 0.172. The summed E-state index contributed by atoms with van der Waals surface area (Å²) in [5.41, 5.74) is 0.809. The van der Waals surface area contributed by atoms with Crippen molar-refractivity contribution in [3.05, 3.63) is 17.7 Å². The zero-order chi connectivity index (χ0) is 12.6. The van der Waals surface area contributed by atoms with Crippen LogP contribution in [-0.4, -0.2) is 34.2 Å². The van der Waals surface area contributed by atoms with Crippen molar-refractivity contribution in [3.8, 4) is 11.5 Å². The van der Waals surface area contributed by atoms with Gasteiger partial charge in [0.2, 0.25) is 16.8 Å². The Hall–Kier alpha value is -1.31. The van der Waals surface area contributed by atoms with Crippen LogP contribution in [0.3, 0.4) is 0 Å². The second kappa shape index (κ2) is 4.17. The average molecular weight is 258 g/mol. The van der Waals surface area contributed by atoms with Crippen molar-refractivity contribution in [2.45, 2.75) is 11.4 Å². The summed E-state index contributed by atoms with van der Waals surface area (Å²) in [6.45, 7) is 0.614. The molecular weight excluding hydrogens is 244 g/mol. The highest BCUT2D eigenvalue weighted by atomic mass is 32.2. The molecule has 0 bridgehead atoms. The Morgan fingerprint density at radius 1 is 1.35 bits per heavy atom. The van der Waals surface area contributed by atoms with Gasteiger partial charge in [-0.25, -0.2) is 13.6 Å². The molecule has 1 heterocycles. The van der Waals surface area contributed by atoms with Crippen molar-refractivity contribution in [3.63, 3.8) is 0 Å². The Kier molecular flexibility index (Phi) is 2.98. The van der Waals surface area contributed by atoms with Crippen molar-refractivity contribution >= 4 is 10.0 Å². The number of fused-ring (bicyclic) bond motifs is 1. The highest BCUT2D eigenvalue weighted by Gasteiger charge is 2.25. The summed E-state index contributed by atoms with van der Waals surface area (Å²) in [6, 6.07) is 3.28. The van der Waals surface area contributed by atoms with E-state index in [4.69, 9.17) is 14.6 Å². The molecule has 1 aromatic carbocycles. The van der Waals surface area contributed by atoms with Crippen LogP contribution >= 0.6 is 0 Å². The minimum absolute atomic E-state index is 0.0171. The van der Waals surface area contributed by atoms with Crippen molar-refractivity contribution in [1.29, 1.82) is 0 Å². The summed E-state index contributed by atoms with van der Waals surface area (Å²) < 4.78 is 33.2. The van der Waals surface area contributed by atoms with E-state index in [2.05, 4.69) is 0 Å². The Labute approximate surface area is 100.0 Å². The van der Waals surface area contributed by atoms with Gasteiger partial charge in [0.15, 0.2) is 11.5 Å². The summed E-state index contributed by atoms with van der Waals surface area (Å²) >= 11 is 0. The molecule has 7 heteroatoms. The molecule has 6 nitrogen and oxygen atoms in total. The van der Waals surface area contributed by atoms with Crippen LogP contribution in [0.15, 0.2) is 17.0 Å². The van der Waals surface area contributed by atoms with E-state index in [0.717, 1.165) is 5.56 Å². The van der Waals surface area contributed by atoms with E-state index in [1.54, 1.807) is 6.07 Å². The first kappa shape index (κ1) is 12.2. The SMILES string of the molecule is CN(C)Cc1cc2c(c(S(N)(=O)=O)c1)OCO2. The molecule has 0 fully saturated rings. The minimum Gasteiger partial charge on any atom is -0.454 e. The van der Waals surface area contributed by atoms with Gasteiger partial charge in [0, 0.05) is 6.54 Å². The van der Waals surface area contributed by atoms with Crippen LogP contribution in [0.5, 0.6) is 11.5 Å². The zero-order valence-corrected chi connectivity index (χ0v) is 10.5. The highest BCUT2D eigenvalue weighted by molar-refractivity contribution is 7.89. The molecule has 1 aromatic rings. The fourth-order valence-corrected chi connectivity index (χ4v) is 2.43. The van der Waals surface area contributed by atoms with Gasteiger partial charge in [0.05, 0.1) is 0 Å². The molecule has 0 amide bonds. The molecule has 0 spiro atoms. The zero-order valence-electron chi connectivity index (χ0n) is 9.63. The van der Waals surface area contributed by atoms with Gasteiger partial charge in [-0.15, -0.1) is 0 Å². The van der Waals surface area contributed by atoms with Crippen LogP contribution in [-0.2, 0) is 16.6 Å². The second-order valence-electron chi connectivity index (χ2n) is 4.11. The van der Waals surface area contributed by atoms with E-state index in [-0.39, 0.29) is 17.4 Å². The Morgan fingerprint density at radius 2 is 2.06 bits per heavy atom. The van der Waals surface area contributed by atoms with Gasteiger partial charge in [0.25, 0.3) is 0 Å². The van der Waals surface area contributed by atoms with E-state index in [0.29, 0.717) is 12.3 Å². The number of nitrogens with zero attached hydrogens (tertiary/aromatic N) is 1. The molecule has 0 saturated heterocycles. The fraction of sp³-hybridized carbons (Fsp3) is 0.400. The lowest BCUT2D eigenvalue weighted by Crippen LogP contribution is -2.15. The van der Waals surface area contributed by atoms with Gasteiger partial charge >= 0.3 is 0 Å². The summed E-state index contributed by atoms with van der Waals surface area (Å²) in [7, 11) is -0.0297. The standard InChI is InChI=1S/C10H14N2O4S/c1-12(2)5-7-3-8-10(16-6-15-8)9(4-7)17(11,13)14/h3-4H,5-6H2,1-2H3,(H2,11,13,14). The first-order chi connectivity index (χ1) is 7.88. The van der Waals surface area contributed by atoms with Gasteiger partial charge in [-0.1, -0.05) is 0 Å². The van der Waals surface area contributed by atoms with Crippen molar-refractivity contribution in [1.82, 2.24) is 4.90 Å². The molecule has 0 atom stereocenters. The number of hydrogen-bond donors (Lipinski definition) is 1. The molecule has 0 unspecified atom stereocenters. The van der Waals surface area contributed by atoms with E-state index < -0.39 is 10.0 Å². The van der Waals surface area contributed by atoms with E-state index in [9.17, 15) is 8.42 Å². The number of sulfonamides is 1. The molecule has 1 aliphatic rings. The number of benzene rings is 1. The monoisotopic (exact) mass is 258 g/mol. The molecule has 0 radical (unpaired) electrons. The van der Waals surface area contributed by atoms with Crippen molar-refractivity contribution in [2.24, 2.45) is 5.14 Å². The van der Waals surface area contributed by atoms with Crippen LogP contribution in [0.1, 0.15) is 5.56 Å². The normalized spacial score (nSPS) is 14.4. The first-order valence-electron chi connectivity index (χ1n) is 4.98. The topological polar surface area (TPSA) is 81.9 Å². The molecule has 1 aliphatic heterocycles. The van der Waals surface area contributed by atoms with Gasteiger partial charge in [-0.05, 0) is 31.8 Å². The summed E-state index contributed by atoms with van der Waals surface area (Å²) in [5.74, 6) is 0.628. The summed E-state index contributed by atoms with van der Waals surface area (Å²) in [6.07, 6.45) is 0.